The topological polar surface area (TPSA) is 65.6 Å². The van der Waals surface area contributed by atoms with Gasteiger partial charge in [0.15, 0.2) is 0 Å². The fraction of sp³-hybridized carbons (Fsp3) is 0.643. The van der Waals surface area contributed by atoms with Crippen LogP contribution in [0.15, 0.2) is 18.3 Å². The van der Waals surface area contributed by atoms with Gasteiger partial charge in [-0.3, -0.25) is 4.98 Å². The number of pyridine rings is 1. The van der Waals surface area contributed by atoms with Crippen molar-refractivity contribution in [3.63, 3.8) is 0 Å². The molecule has 2 rings (SSSR count). The standard InChI is InChI=1S/C14H24N4O/c1-10(15)14-5-4-11(7-16-14)18-9-13(19)6-12(18)8-17(2)3/h4-5,7,10,12-13,19H,6,8-9,15H2,1-3H3/t10-,12?,13?/m1/s1. The first-order chi connectivity index (χ1) is 8.97. The molecule has 1 aromatic rings. The predicted molar refractivity (Wildman–Crippen MR) is 77.2 cm³/mol. The second kappa shape index (κ2) is 5.86. The molecule has 5 heteroatoms. The van der Waals surface area contributed by atoms with Crippen molar-refractivity contribution in [2.45, 2.75) is 31.5 Å². The van der Waals surface area contributed by atoms with Gasteiger partial charge in [-0.1, -0.05) is 0 Å². The average molecular weight is 264 g/mol. The molecular weight excluding hydrogens is 240 g/mol. The fourth-order valence-electron chi connectivity index (χ4n) is 2.64. The normalized spacial score (nSPS) is 25.1. The number of hydrogen-bond acceptors (Lipinski definition) is 5. The number of nitrogens with two attached hydrogens (primary N) is 1. The Morgan fingerprint density at radius 2 is 2.26 bits per heavy atom. The third-order valence-corrected chi connectivity index (χ3v) is 3.54. The van der Waals surface area contributed by atoms with Gasteiger partial charge in [0.25, 0.3) is 0 Å². The van der Waals surface area contributed by atoms with Crippen molar-refractivity contribution in [3.8, 4) is 0 Å². The summed E-state index contributed by atoms with van der Waals surface area (Å²) in [7, 11) is 4.11. The largest absolute Gasteiger partial charge is 0.391 e. The van der Waals surface area contributed by atoms with Gasteiger partial charge < -0.3 is 20.6 Å². The van der Waals surface area contributed by atoms with E-state index in [1.807, 2.05) is 25.3 Å². The molecule has 0 bridgehead atoms. The summed E-state index contributed by atoms with van der Waals surface area (Å²) >= 11 is 0. The Balaban J connectivity index is 2.14. The number of nitrogens with zero attached hydrogens (tertiary/aromatic N) is 3. The molecule has 2 heterocycles. The van der Waals surface area contributed by atoms with Gasteiger partial charge in [-0.2, -0.15) is 0 Å². The van der Waals surface area contributed by atoms with Crippen LogP contribution < -0.4 is 10.6 Å². The highest BCUT2D eigenvalue weighted by Gasteiger charge is 2.31. The Labute approximate surface area is 115 Å². The molecule has 19 heavy (non-hydrogen) atoms. The summed E-state index contributed by atoms with van der Waals surface area (Å²) in [6.07, 6.45) is 2.42. The summed E-state index contributed by atoms with van der Waals surface area (Å²) in [6.45, 7) is 3.54. The van der Waals surface area contributed by atoms with Crippen LogP contribution in [0.25, 0.3) is 0 Å². The average Bonchev–Trinajstić information content (AvgIpc) is 2.69. The number of likely N-dealkylation sites (N-methyl/N-ethyl adjacent to an activating group) is 1. The third kappa shape index (κ3) is 3.43. The number of β-amino-alcohol motifs (C(OH)–C–C–N with tert-alkyl or cyclic N) is 1. The summed E-state index contributed by atoms with van der Waals surface area (Å²) in [4.78, 5) is 8.79. The van der Waals surface area contributed by atoms with Crippen LogP contribution in [0.5, 0.6) is 0 Å². The lowest BCUT2D eigenvalue weighted by atomic mass is 10.2. The molecule has 3 atom stereocenters. The summed E-state index contributed by atoms with van der Waals surface area (Å²) < 4.78 is 0. The van der Waals surface area contributed by atoms with E-state index in [9.17, 15) is 5.11 Å². The van der Waals surface area contributed by atoms with Crippen LogP contribution in [0.3, 0.4) is 0 Å². The molecule has 0 spiro atoms. The van der Waals surface area contributed by atoms with E-state index in [1.165, 1.54) is 0 Å². The van der Waals surface area contributed by atoms with Crippen LogP contribution in [0.4, 0.5) is 5.69 Å². The smallest absolute Gasteiger partial charge is 0.0735 e. The van der Waals surface area contributed by atoms with E-state index in [1.54, 1.807) is 0 Å². The van der Waals surface area contributed by atoms with E-state index in [4.69, 9.17) is 5.73 Å². The summed E-state index contributed by atoms with van der Waals surface area (Å²) in [5, 5.41) is 9.89. The first-order valence-electron chi connectivity index (χ1n) is 6.78. The lowest BCUT2D eigenvalue weighted by Gasteiger charge is -2.28. The van der Waals surface area contributed by atoms with Crippen LogP contribution in [0, 0.1) is 0 Å². The minimum Gasteiger partial charge on any atom is -0.391 e. The van der Waals surface area contributed by atoms with Gasteiger partial charge >= 0.3 is 0 Å². The van der Waals surface area contributed by atoms with Gasteiger partial charge in [0.1, 0.15) is 0 Å². The van der Waals surface area contributed by atoms with Crippen LogP contribution in [0.1, 0.15) is 25.1 Å². The van der Waals surface area contributed by atoms with Crippen molar-refractivity contribution in [2.75, 3.05) is 32.1 Å². The fourth-order valence-corrected chi connectivity index (χ4v) is 2.64. The Morgan fingerprint density at radius 1 is 1.53 bits per heavy atom. The maximum absolute atomic E-state index is 9.89. The van der Waals surface area contributed by atoms with Crippen molar-refractivity contribution < 1.29 is 5.11 Å². The van der Waals surface area contributed by atoms with E-state index < -0.39 is 0 Å². The zero-order valence-electron chi connectivity index (χ0n) is 12.0. The molecule has 3 N–H and O–H groups in total. The van der Waals surface area contributed by atoms with Crippen LogP contribution in [-0.2, 0) is 0 Å². The lowest BCUT2D eigenvalue weighted by Crippen LogP contribution is -2.37. The third-order valence-electron chi connectivity index (χ3n) is 3.54. The molecule has 0 radical (unpaired) electrons. The molecule has 0 saturated carbocycles. The SMILES string of the molecule is C[C@@H](N)c1ccc(N2CC(O)CC2CN(C)C)cn1. The van der Waals surface area contributed by atoms with Gasteiger partial charge in [0.05, 0.1) is 23.7 Å². The van der Waals surface area contributed by atoms with E-state index >= 15 is 0 Å². The molecule has 1 aromatic heterocycles. The quantitative estimate of drug-likeness (QED) is 0.834. The molecule has 0 aliphatic carbocycles. The number of aliphatic hydroxyl groups excluding tert-OH is 1. The Hall–Kier alpha value is -1.17. The van der Waals surface area contributed by atoms with Crippen molar-refractivity contribution in [1.82, 2.24) is 9.88 Å². The van der Waals surface area contributed by atoms with Crippen molar-refractivity contribution in [3.05, 3.63) is 24.0 Å². The molecule has 2 unspecified atom stereocenters. The van der Waals surface area contributed by atoms with Crippen molar-refractivity contribution in [1.29, 1.82) is 0 Å². The highest BCUT2D eigenvalue weighted by Crippen LogP contribution is 2.26. The summed E-state index contributed by atoms with van der Waals surface area (Å²) in [6, 6.07) is 4.31. The minimum atomic E-state index is -0.252. The number of aliphatic hydroxyl groups is 1. The lowest BCUT2D eigenvalue weighted by molar-refractivity contribution is 0.191. The number of rotatable bonds is 4. The molecule has 1 aliphatic heterocycles. The minimum absolute atomic E-state index is 0.0456. The molecule has 1 fully saturated rings. The Bertz CT molecular complexity index is 404. The number of hydrogen-bond donors (Lipinski definition) is 2. The van der Waals surface area contributed by atoms with Gasteiger partial charge in [-0.15, -0.1) is 0 Å². The van der Waals surface area contributed by atoms with Gasteiger partial charge in [-0.05, 0) is 39.6 Å². The van der Waals surface area contributed by atoms with Gasteiger partial charge in [0, 0.05) is 25.2 Å². The molecular formula is C14H24N4O. The monoisotopic (exact) mass is 264 g/mol. The molecule has 1 saturated heterocycles. The summed E-state index contributed by atoms with van der Waals surface area (Å²) in [5.74, 6) is 0. The maximum Gasteiger partial charge on any atom is 0.0735 e. The van der Waals surface area contributed by atoms with E-state index in [0.717, 1.165) is 24.3 Å². The second-order valence-electron chi connectivity index (χ2n) is 5.69. The molecule has 5 nitrogen and oxygen atoms in total. The Kier molecular flexibility index (Phi) is 4.39. The molecule has 0 aromatic carbocycles. The molecule has 106 valence electrons. The van der Waals surface area contributed by atoms with Gasteiger partial charge in [0.2, 0.25) is 0 Å². The van der Waals surface area contributed by atoms with Crippen LogP contribution in [0.2, 0.25) is 0 Å². The first-order valence-corrected chi connectivity index (χ1v) is 6.78. The highest BCUT2D eigenvalue weighted by atomic mass is 16.3. The number of aromatic nitrogens is 1. The highest BCUT2D eigenvalue weighted by molar-refractivity contribution is 5.47. The van der Waals surface area contributed by atoms with Crippen molar-refractivity contribution >= 4 is 5.69 Å². The predicted octanol–water partition coefficient (Wildman–Crippen LogP) is 0.602. The first kappa shape index (κ1) is 14.2. The van der Waals surface area contributed by atoms with Crippen LogP contribution >= 0.6 is 0 Å². The maximum atomic E-state index is 9.89. The summed E-state index contributed by atoms with van der Waals surface area (Å²) in [5.41, 5.74) is 7.77. The Morgan fingerprint density at radius 3 is 2.79 bits per heavy atom. The van der Waals surface area contributed by atoms with Crippen molar-refractivity contribution in [2.24, 2.45) is 5.73 Å². The van der Waals surface area contributed by atoms with Crippen LogP contribution in [-0.4, -0.2) is 54.3 Å². The zero-order valence-corrected chi connectivity index (χ0v) is 12.0. The zero-order chi connectivity index (χ0) is 14.0. The number of anilines is 1. The van der Waals surface area contributed by atoms with E-state index in [-0.39, 0.29) is 12.1 Å². The van der Waals surface area contributed by atoms with E-state index in [0.29, 0.717) is 12.6 Å². The second-order valence-corrected chi connectivity index (χ2v) is 5.69. The van der Waals surface area contributed by atoms with E-state index in [2.05, 4.69) is 28.9 Å². The van der Waals surface area contributed by atoms with Gasteiger partial charge in [-0.25, -0.2) is 0 Å². The molecule has 0 amide bonds. The molecule has 1 aliphatic rings.